The number of hydrogen-bond acceptors (Lipinski definition) is 9. The van der Waals surface area contributed by atoms with E-state index < -0.39 is 70.7 Å². The average Bonchev–Trinajstić information content (AvgIpc) is 3.04. The third kappa shape index (κ3) is 6.10. The van der Waals surface area contributed by atoms with Crippen LogP contribution in [0, 0.1) is 5.82 Å². The number of aliphatic imine (C=N–C) groups is 1. The van der Waals surface area contributed by atoms with Crippen LogP contribution in [0.4, 0.5) is 4.39 Å². The van der Waals surface area contributed by atoms with Crippen molar-refractivity contribution in [3.63, 3.8) is 0 Å². The zero-order valence-corrected chi connectivity index (χ0v) is 25.5. The zero-order chi connectivity index (χ0) is 31.6. The van der Waals surface area contributed by atoms with E-state index in [0.717, 1.165) is 17.7 Å². The van der Waals surface area contributed by atoms with Gasteiger partial charge in [-0.1, -0.05) is 60.1 Å². The Morgan fingerprint density at radius 3 is 2.30 bits per heavy atom. The number of allylic oxidation sites excluding steroid dienone is 1. The molecule has 228 valence electrons. The van der Waals surface area contributed by atoms with E-state index in [9.17, 15) is 26.4 Å². The number of carbonyl (C=O) groups is 2. The van der Waals surface area contributed by atoms with Gasteiger partial charge in [-0.25, -0.2) is 30.8 Å². The number of halogens is 2. The van der Waals surface area contributed by atoms with Crippen LogP contribution >= 0.6 is 11.6 Å². The van der Waals surface area contributed by atoms with E-state index >= 15 is 4.39 Å². The minimum Gasteiger partial charge on any atom is -0.459 e. The Balaban J connectivity index is 1.48. The molecule has 0 aliphatic carbocycles. The smallest absolute Gasteiger partial charge is 0.336 e. The summed E-state index contributed by atoms with van der Waals surface area (Å²) in [7, 11) is -8.78. The van der Waals surface area contributed by atoms with E-state index in [1.54, 1.807) is 30.3 Å². The standard InChI is InChI=1S/C31H25ClFNO8S2/c1-19-27(31(36)42-17-16-41-26(35)15-14-20-8-3-2-4-9-20)29(28-21(32)10-7-11-22(28)33)30-23(34-19)18-43(37,38)24-12-5-6-13-25(24)44(30,39)40/h2-15,29-30H,16-18H2,1H3. The van der Waals surface area contributed by atoms with Gasteiger partial charge >= 0.3 is 11.9 Å². The lowest BCUT2D eigenvalue weighted by atomic mass is 9.83. The van der Waals surface area contributed by atoms with Crippen LogP contribution < -0.4 is 0 Å². The number of sulfone groups is 2. The molecular weight excluding hydrogens is 633 g/mol. The first-order valence-electron chi connectivity index (χ1n) is 13.3. The van der Waals surface area contributed by atoms with Gasteiger partial charge < -0.3 is 9.47 Å². The quantitative estimate of drug-likeness (QED) is 0.203. The first-order valence-corrected chi connectivity index (χ1v) is 16.8. The summed E-state index contributed by atoms with van der Waals surface area (Å²) < 4.78 is 80.8. The van der Waals surface area contributed by atoms with Gasteiger partial charge in [-0.2, -0.15) is 0 Å². The molecule has 0 radical (unpaired) electrons. The first kappa shape index (κ1) is 31.3. The van der Waals surface area contributed by atoms with Crippen LogP contribution in [0.2, 0.25) is 5.02 Å². The number of ether oxygens (including phenoxy) is 2. The Morgan fingerprint density at radius 1 is 0.932 bits per heavy atom. The second-order valence-corrected chi connectivity index (χ2v) is 14.3. The highest BCUT2D eigenvalue weighted by Gasteiger charge is 2.51. The average molecular weight is 658 g/mol. The molecule has 0 saturated heterocycles. The van der Waals surface area contributed by atoms with E-state index in [0.29, 0.717) is 0 Å². The van der Waals surface area contributed by atoms with Gasteiger partial charge in [-0.05, 0) is 42.8 Å². The largest absolute Gasteiger partial charge is 0.459 e. The van der Waals surface area contributed by atoms with Crippen molar-refractivity contribution in [3.05, 3.63) is 112 Å². The van der Waals surface area contributed by atoms with E-state index in [1.807, 2.05) is 6.07 Å². The third-order valence-corrected chi connectivity index (χ3v) is 11.5. The van der Waals surface area contributed by atoms with Crippen molar-refractivity contribution in [1.82, 2.24) is 0 Å². The summed E-state index contributed by atoms with van der Waals surface area (Å²) in [5.41, 5.74) is -0.210. The molecule has 0 bridgehead atoms. The highest BCUT2D eigenvalue weighted by molar-refractivity contribution is 7.97. The second-order valence-electron chi connectivity index (χ2n) is 9.93. The molecule has 2 aliphatic heterocycles. The molecule has 2 aliphatic rings. The molecule has 0 amide bonds. The summed E-state index contributed by atoms with van der Waals surface area (Å²) in [5, 5.41) is -1.97. The molecule has 5 rings (SSSR count). The summed E-state index contributed by atoms with van der Waals surface area (Å²) in [6, 6.07) is 17.8. The number of esters is 2. The maximum atomic E-state index is 15.5. The fourth-order valence-electron chi connectivity index (χ4n) is 5.24. The van der Waals surface area contributed by atoms with Crippen molar-refractivity contribution >= 4 is 55.0 Å². The Hall–Kier alpha value is -4.13. The zero-order valence-electron chi connectivity index (χ0n) is 23.1. The molecule has 0 spiro atoms. The lowest BCUT2D eigenvalue weighted by Crippen LogP contribution is -2.43. The van der Waals surface area contributed by atoms with E-state index in [-0.39, 0.29) is 34.2 Å². The number of benzene rings is 3. The number of hydrogen-bond donors (Lipinski definition) is 0. The van der Waals surface area contributed by atoms with Gasteiger partial charge in [0.1, 0.15) is 24.3 Å². The fraction of sp³-hybridized carbons (Fsp3) is 0.194. The Kier molecular flexibility index (Phi) is 8.87. The van der Waals surface area contributed by atoms with Gasteiger partial charge in [0.2, 0.25) is 0 Å². The Labute approximate surface area is 258 Å². The van der Waals surface area contributed by atoms with E-state index in [4.69, 9.17) is 21.1 Å². The topological polar surface area (TPSA) is 133 Å². The summed E-state index contributed by atoms with van der Waals surface area (Å²) in [6.45, 7) is 0.625. The molecule has 0 fully saturated rings. The molecule has 2 unspecified atom stereocenters. The maximum absolute atomic E-state index is 15.5. The van der Waals surface area contributed by atoms with Gasteiger partial charge in [0.15, 0.2) is 19.7 Å². The highest BCUT2D eigenvalue weighted by atomic mass is 35.5. The van der Waals surface area contributed by atoms with Crippen LogP contribution in [0.5, 0.6) is 0 Å². The molecule has 2 atom stereocenters. The highest BCUT2D eigenvalue weighted by Crippen LogP contribution is 2.46. The molecule has 3 aromatic carbocycles. The van der Waals surface area contributed by atoms with Gasteiger partial charge in [-0.3, -0.25) is 4.99 Å². The van der Waals surface area contributed by atoms with Crippen LogP contribution in [0.15, 0.2) is 105 Å². The van der Waals surface area contributed by atoms with Crippen LogP contribution in [0.1, 0.15) is 24.0 Å². The molecule has 0 saturated carbocycles. The molecule has 3 aromatic rings. The molecule has 9 nitrogen and oxygen atoms in total. The van der Waals surface area contributed by atoms with Gasteiger partial charge in [0.25, 0.3) is 0 Å². The normalized spacial score (nSPS) is 20.2. The minimum absolute atomic E-state index is 0.0651. The van der Waals surface area contributed by atoms with Crippen molar-refractivity contribution in [1.29, 1.82) is 0 Å². The van der Waals surface area contributed by atoms with Crippen molar-refractivity contribution < 1.29 is 40.3 Å². The summed E-state index contributed by atoms with van der Waals surface area (Å²) in [6.07, 6.45) is 2.76. The van der Waals surface area contributed by atoms with Gasteiger partial charge in [0, 0.05) is 28.3 Å². The van der Waals surface area contributed by atoms with E-state index in [2.05, 4.69) is 4.99 Å². The SMILES string of the molecule is CC1=C(C(=O)OCCOC(=O)C=Cc2ccccc2)C(c2c(F)cccc2Cl)C2C(=N1)CS(=O)(=O)c1ccccc1S2(=O)=O. The third-order valence-electron chi connectivity index (χ3n) is 7.11. The lowest BCUT2D eigenvalue weighted by Gasteiger charge is -2.33. The van der Waals surface area contributed by atoms with Crippen LogP contribution in [0.3, 0.4) is 0 Å². The molecule has 0 aromatic heterocycles. The molecule has 44 heavy (non-hydrogen) atoms. The second kappa shape index (κ2) is 12.5. The fourth-order valence-corrected chi connectivity index (χ4v) is 9.82. The van der Waals surface area contributed by atoms with Gasteiger partial charge in [0.05, 0.1) is 26.8 Å². The predicted molar refractivity (Wildman–Crippen MR) is 161 cm³/mol. The predicted octanol–water partition coefficient (Wildman–Crippen LogP) is 4.72. The van der Waals surface area contributed by atoms with Gasteiger partial charge in [-0.15, -0.1) is 0 Å². The van der Waals surface area contributed by atoms with Crippen LogP contribution in [0.25, 0.3) is 6.08 Å². The lowest BCUT2D eigenvalue weighted by molar-refractivity contribution is -0.146. The molecule has 0 N–H and O–H groups in total. The summed E-state index contributed by atoms with van der Waals surface area (Å²) in [4.78, 5) is 29.0. The van der Waals surface area contributed by atoms with Crippen molar-refractivity contribution in [2.24, 2.45) is 4.99 Å². The molecular formula is C31H25ClFNO8S2. The summed E-state index contributed by atoms with van der Waals surface area (Å²) in [5.74, 6) is -5.03. The number of carbonyl (C=O) groups excluding carboxylic acids is 2. The van der Waals surface area contributed by atoms with E-state index in [1.165, 1.54) is 43.3 Å². The molecule has 13 heteroatoms. The Morgan fingerprint density at radius 2 is 1.59 bits per heavy atom. The monoisotopic (exact) mass is 657 g/mol. The number of nitrogens with zero attached hydrogens (tertiary/aromatic N) is 1. The van der Waals surface area contributed by atoms with Crippen LogP contribution in [-0.2, 0) is 38.7 Å². The first-order chi connectivity index (χ1) is 20.9. The Bertz CT molecular complexity index is 1930. The minimum atomic E-state index is -4.59. The molecule has 2 heterocycles. The van der Waals surface area contributed by atoms with Crippen LogP contribution in [-0.4, -0.2) is 58.7 Å². The van der Waals surface area contributed by atoms with Crippen molar-refractivity contribution in [2.45, 2.75) is 27.9 Å². The maximum Gasteiger partial charge on any atom is 0.336 e. The number of rotatable bonds is 7. The number of fused-ring (bicyclic) bond motifs is 2. The summed E-state index contributed by atoms with van der Waals surface area (Å²) >= 11 is 6.41. The van der Waals surface area contributed by atoms with Crippen molar-refractivity contribution in [2.75, 3.05) is 19.0 Å². The van der Waals surface area contributed by atoms with Crippen molar-refractivity contribution in [3.8, 4) is 0 Å².